The quantitative estimate of drug-likeness (QED) is 0.352. The van der Waals surface area contributed by atoms with Gasteiger partial charge in [0, 0.05) is 20.1 Å². The van der Waals surface area contributed by atoms with Gasteiger partial charge in [-0.25, -0.2) is 0 Å². The van der Waals surface area contributed by atoms with Crippen molar-refractivity contribution in [1.82, 2.24) is 20.9 Å². The maximum atomic E-state index is 11.5. The first kappa shape index (κ1) is 18.7. The lowest BCUT2D eigenvalue weighted by atomic mass is 9.99. The first-order chi connectivity index (χ1) is 10.7. The molecule has 1 aliphatic rings. The molecule has 0 aromatic heterocycles. The van der Waals surface area contributed by atoms with Crippen LogP contribution in [0.2, 0.25) is 0 Å². The molecule has 0 aromatic carbocycles. The van der Waals surface area contributed by atoms with Crippen LogP contribution in [0.3, 0.4) is 0 Å². The highest BCUT2D eigenvalue weighted by molar-refractivity contribution is 5.86. The Kier molecular flexibility index (Phi) is 9.62. The first-order valence-corrected chi connectivity index (χ1v) is 8.59. The van der Waals surface area contributed by atoms with Gasteiger partial charge in [-0.05, 0) is 51.2 Å². The van der Waals surface area contributed by atoms with Gasteiger partial charge in [0.15, 0.2) is 5.96 Å². The summed E-state index contributed by atoms with van der Waals surface area (Å²) in [4.78, 5) is 18.2. The first-order valence-electron chi connectivity index (χ1n) is 8.59. The average Bonchev–Trinajstić information content (AvgIpc) is 2.53. The lowest BCUT2D eigenvalue weighted by molar-refractivity contribution is -0.120. The zero-order valence-electron chi connectivity index (χ0n) is 14.5. The van der Waals surface area contributed by atoms with Crippen LogP contribution in [-0.4, -0.2) is 63.1 Å². The Morgan fingerprint density at radius 1 is 1.18 bits per heavy atom. The van der Waals surface area contributed by atoms with Gasteiger partial charge in [-0.1, -0.05) is 13.8 Å². The van der Waals surface area contributed by atoms with Crippen LogP contribution in [-0.2, 0) is 4.79 Å². The molecule has 0 saturated carbocycles. The van der Waals surface area contributed by atoms with E-state index in [1.54, 1.807) is 7.05 Å². The number of nitrogens with zero attached hydrogens (tertiary/aromatic N) is 2. The number of hydrogen-bond acceptors (Lipinski definition) is 3. The average molecular weight is 311 g/mol. The number of hydrogen-bond donors (Lipinski definition) is 3. The van der Waals surface area contributed by atoms with Crippen LogP contribution < -0.4 is 16.0 Å². The summed E-state index contributed by atoms with van der Waals surface area (Å²) < 4.78 is 0. The Morgan fingerprint density at radius 2 is 1.91 bits per heavy atom. The van der Waals surface area contributed by atoms with Gasteiger partial charge in [0.25, 0.3) is 0 Å². The molecule has 3 N–H and O–H groups in total. The second kappa shape index (κ2) is 11.3. The molecule has 0 aliphatic carbocycles. The lowest BCUT2D eigenvalue weighted by Crippen LogP contribution is -2.44. The predicted octanol–water partition coefficient (Wildman–Crippen LogP) is 0.800. The van der Waals surface area contributed by atoms with Crippen LogP contribution in [0.15, 0.2) is 4.99 Å². The molecular formula is C16H33N5O. The Morgan fingerprint density at radius 3 is 2.55 bits per heavy atom. The Balaban J connectivity index is 2.07. The van der Waals surface area contributed by atoms with Crippen molar-refractivity contribution in [2.75, 3.05) is 46.3 Å². The smallest absolute Gasteiger partial charge is 0.239 e. The SMILES string of the molecule is CCCNC(=O)CNC(=NC)NCCCN1CCC(C)CC1. The molecule has 1 rings (SSSR count). The predicted molar refractivity (Wildman–Crippen MR) is 92.1 cm³/mol. The van der Waals surface area contributed by atoms with Gasteiger partial charge in [0.05, 0.1) is 6.54 Å². The minimum atomic E-state index is 0.00670. The molecule has 0 atom stereocenters. The fourth-order valence-corrected chi connectivity index (χ4v) is 2.51. The van der Waals surface area contributed by atoms with E-state index in [1.165, 1.54) is 25.9 Å². The molecule has 1 saturated heterocycles. The molecule has 0 aromatic rings. The maximum Gasteiger partial charge on any atom is 0.239 e. The van der Waals surface area contributed by atoms with Gasteiger partial charge < -0.3 is 20.9 Å². The van der Waals surface area contributed by atoms with Crippen molar-refractivity contribution < 1.29 is 4.79 Å². The second-order valence-electron chi connectivity index (χ2n) is 6.08. The highest BCUT2D eigenvalue weighted by atomic mass is 16.1. The van der Waals surface area contributed by atoms with E-state index in [0.29, 0.717) is 5.96 Å². The number of carbonyl (C=O) groups excluding carboxylic acids is 1. The number of rotatable bonds is 8. The molecule has 6 nitrogen and oxygen atoms in total. The third-order valence-corrected chi connectivity index (χ3v) is 4.03. The second-order valence-corrected chi connectivity index (χ2v) is 6.08. The lowest BCUT2D eigenvalue weighted by Gasteiger charge is -2.30. The van der Waals surface area contributed by atoms with Crippen molar-refractivity contribution in [3.05, 3.63) is 0 Å². The summed E-state index contributed by atoms with van der Waals surface area (Å²) in [6.45, 7) is 9.83. The van der Waals surface area contributed by atoms with E-state index in [-0.39, 0.29) is 12.5 Å². The molecule has 6 heteroatoms. The van der Waals surface area contributed by atoms with Gasteiger partial charge in [-0.2, -0.15) is 0 Å². The number of carbonyl (C=O) groups is 1. The van der Waals surface area contributed by atoms with Crippen LogP contribution in [0.5, 0.6) is 0 Å². The Hall–Kier alpha value is -1.30. The van der Waals surface area contributed by atoms with Crippen molar-refractivity contribution in [2.24, 2.45) is 10.9 Å². The van der Waals surface area contributed by atoms with E-state index in [9.17, 15) is 4.79 Å². The molecule has 0 unspecified atom stereocenters. The maximum absolute atomic E-state index is 11.5. The van der Waals surface area contributed by atoms with Crippen molar-refractivity contribution in [3.8, 4) is 0 Å². The molecule has 1 fully saturated rings. The summed E-state index contributed by atoms with van der Waals surface area (Å²) in [6.07, 6.45) is 4.69. The van der Waals surface area contributed by atoms with Crippen molar-refractivity contribution in [2.45, 2.75) is 39.5 Å². The zero-order valence-corrected chi connectivity index (χ0v) is 14.5. The highest BCUT2D eigenvalue weighted by Gasteiger charge is 2.14. The van der Waals surface area contributed by atoms with Crippen LogP contribution in [0, 0.1) is 5.92 Å². The molecule has 1 amide bonds. The molecule has 22 heavy (non-hydrogen) atoms. The molecule has 128 valence electrons. The van der Waals surface area contributed by atoms with Gasteiger partial charge in [0.2, 0.25) is 5.91 Å². The summed E-state index contributed by atoms with van der Waals surface area (Å²) in [5.41, 5.74) is 0. The standard InChI is InChI=1S/C16H33N5O/c1-4-8-18-15(22)13-20-16(17-3)19-9-5-10-21-11-6-14(2)7-12-21/h14H,4-13H2,1-3H3,(H,18,22)(H2,17,19,20). The summed E-state index contributed by atoms with van der Waals surface area (Å²) in [5, 5.41) is 9.13. The van der Waals surface area contributed by atoms with E-state index in [0.717, 1.165) is 38.4 Å². The Bertz CT molecular complexity index is 337. The summed E-state index contributed by atoms with van der Waals surface area (Å²) in [5.74, 6) is 1.59. The minimum absolute atomic E-state index is 0.00670. The van der Waals surface area contributed by atoms with E-state index in [2.05, 4.69) is 32.8 Å². The molecule has 0 bridgehead atoms. The third kappa shape index (κ3) is 8.22. The van der Waals surface area contributed by atoms with Crippen molar-refractivity contribution in [3.63, 3.8) is 0 Å². The molecule has 1 heterocycles. The fraction of sp³-hybridized carbons (Fsp3) is 0.875. The molecular weight excluding hydrogens is 278 g/mol. The Labute approximate surface area is 135 Å². The van der Waals surface area contributed by atoms with Gasteiger partial charge in [-0.15, -0.1) is 0 Å². The number of piperidine rings is 1. The van der Waals surface area contributed by atoms with Gasteiger partial charge >= 0.3 is 0 Å². The fourth-order valence-electron chi connectivity index (χ4n) is 2.51. The van der Waals surface area contributed by atoms with Crippen LogP contribution in [0.1, 0.15) is 39.5 Å². The van der Waals surface area contributed by atoms with Gasteiger partial charge in [0.1, 0.15) is 0 Å². The van der Waals surface area contributed by atoms with Crippen LogP contribution >= 0.6 is 0 Å². The topological polar surface area (TPSA) is 68.8 Å². The summed E-state index contributed by atoms with van der Waals surface area (Å²) in [7, 11) is 1.73. The molecule has 1 aliphatic heterocycles. The van der Waals surface area contributed by atoms with E-state index in [1.807, 2.05) is 6.92 Å². The number of aliphatic imine (C=N–C) groups is 1. The summed E-state index contributed by atoms with van der Waals surface area (Å²) in [6, 6.07) is 0. The van der Waals surface area contributed by atoms with Crippen LogP contribution in [0.4, 0.5) is 0 Å². The third-order valence-electron chi connectivity index (χ3n) is 4.03. The number of likely N-dealkylation sites (tertiary alicyclic amines) is 1. The van der Waals surface area contributed by atoms with Gasteiger partial charge in [-0.3, -0.25) is 9.79 Å². The minimum Gasteiger partial charge on any atom is -0.356 e. The molecule has 0 spiro atoms. The van der Waals surface area contributed by atoms with E-state index < -0.39 is 0 Å². The zero-order chi connectivity index (χ0) is 16.2. The highest BCUT2D eigenvalue weighted by Crippen LogP contribution is 2.15. The van der Waals surface area contributed by atoms with Crippen molar-refractivity contribution >= 4 is 11.9 Å². The van der Waals surface area contributed by atoms with Crippen LogP contribution in [0.25, 0.3) is 0 Å². The molecule has 0 radical (unpaired) electrons. The van der Waals surface area contributed by atoms with E-state index in [4.69, 9.17) is 0 Å². The van der Waals surface area contributed by atoms with E-state index >= 15 is 0 Å². The summed E-state index contributed by atoms with van der Waals surface area (Å²) >= 11 is 0. The monoisotopic (exact) mass is 311 g/mol. The van der Waals surface area contributed by atoms with Crippen molar-refractivity contribution in [1.29, 1.82) is 0 Å². The number of amides is 1. The number of guanidine groups is 1. The normalized spacial score (nSPS) is 17.3. The largest absolute Gasteiger partial charge is 0.356 e. The number of nitrogens with one attached hydrogen (secondary N) is 3.